The predicted molar refractivity (Wildman–Crippen MR) is 141 cm³/mol. The number of hydrogen-bond donors (Lipinski definition) is 0. The number of nitrogens with zero attached hydrogens (tertiary/aromatic N) is 6. The second-order valence-electron chi connectivity index (χ2n) is 8.63. The van der Waals surface area contributed by atoms with Gasteiger partial charge in [-0.25, -0.2) is 0 Å². The summed E-state index contributed by atoms with van der Waals surface area (Å²) in [6.07, 6.45) is 7.58. The summed E-state index contributed by atoms with van der Waals surface area (Å²) in [6, 6.07) is 33.0. The zero-order valence-electron chi connectivity index (χ0n) is 19.6. The molecule has 0 aliphatic heterocycles. The highest BCUT2D eigenvalue weighted by Gasteiger charge is 2.07. The first-order chi connectivity index (χ1) is 17.8. The van der Waals surface area contributed by atoms with Gasteiger partial charge in [-0.2, -0.15) is 10.2 Å². The van der Waals surface area contributed by atoms with Gasteiger partial charge in [-0.3, -0.25) is 19.3 Å². The summed E-state index contributed by atoms with van der Waals surface area (Å²) in [7, 11) is 0. The van der Waals surface area contributed by atoms with Gasteiger partial charge in [0.15, 0.2) is 0 Å². The van der Waals surface area contributed by atoms with Crippen molar-refractivity contribution in [3.05, 3.63) is 133 Å². The van der Waals surface area contributed by atoms with E-state index in [0.717, 1.165) is 22.8 Å². The van der Waals surface area contributed by atoms with Crippen LogP contribution < -0.4 is 0 Å². The van der Waals surface area contributed by atoms with Crippen molar-refractivity contribution in [2.45, 2.75) is 13.1 Å². The van der Waals surface area contributed by atoms with Gasteiger partial charge >= 0.3 is 0 Å². The third-order valence-electron chi connectivity index (χ3n) is 6.01. The van der Waals surface area contributed by atoms with Crippen molar-refractivity contribution in [3.63, 3.8) is 0 Å². The van der Waals surface area contributed by atoms with Crippen LogP contribution in [0.1, 0.15) is 11.1 Å². The van der Waals surface area contributed by atoms with Crippen LogP contribution in [0.15, 0.2) is 122 Å². The molecule has 0 fully saturated rings. The molecule has 4 aromatic heterocycles. The molecule has 4 heterocycles. The minimum atomic E-state index is 0.698. The van der Waals surface area contributed by atoms with Crippen molar-refractivity contribution < 1.29 is 0 Å². The molecule has 0 N–H and O–H groups in total. The molecule has 0 spiro atoms. The minimum Gasteiger partial charge on any atom is -0.268 e. The Hall–Kier alpha value is -4.84. The molecule has 6 nitrogen and oxygen atoms in total. The Labute approximate surface area is 209 Å². The van der Waals surface area contributed by atoms with Crippen LogP contribution in [-0.2, 0) is 13.1 Å². The summed E-state index contributed by atoms with van der Waals surface area (Å²) in [5, 5.41) is 9.41. The largest absolute Gasteiger partial charge is 0.268 e. The Balaban J connectivity index is 1.18. The number of rotatable bonds is 7. The number of hydrogen-bond acceptors (Lipinski definition) is 4. The van der Waals surface area contributed by atoms with Crippen LogP contribution in [-0.4, -0.2) is 29.5 Å². The molecule has 0 unspecified atom stereocenters. The van der Waals surface area contributed by atoms with Crippen molar-refractivity contribution in [1.29, 1.82) is 0 Å². The molecule has 0 radical (unpaired) electrons. The topological polar surface area (TPSA) is 61.4 Å². The quantitative estimate of drug-likeness (QED) is 0.290. The summed E-state index contributed by atoms with van der Waals surface area (Å²) < 4.78 is 3.91. The lowest BCUT2D eigenvalue weighted by molar-refractivity contribution is 0.688. The van der Waals surface area contributed by atoms with E-state index in [1.165, 1.54) is 22.3 Å². The molecular formula is C30H24N6. The van der Waals surface area contributed by atoms with Gasteiger partial charge in [0, 0.05) is 24.8 Å². The molecule has 0 amide bonds. The highest BCUT2D eigenvalue weighted by Crippen LogP contribution is 2.23. The lowest BCUT2D eigenvalue weighted by atomic mass is 10.0. The molecule has 0 saturated carbocycles. The van der Waals surface area contributed by atoms with Crippen molar-refractivity contribution >= 4 is 0 Å². The van der Waals surface area contributed by atoms with Crippen molar-refractivity contribution in [2.24, 2.45) is 0 Å². The third kappa shape index (κ3) is 4.83. The molecule has 36 heavy (non-hydrogen) atoms. The molecule has 0 saturated heterocycles. The van der Waals surface area contributed by atoms with E-state index in [1.807, 2.05) is 70.3 Å². The van der Waals surface area contributed by atoms with Gasteiger partial charge in [0.1, 0.15) is 11.4 Å². The Bertz CT molecular complexity index is 1460. The van der Waals surface area contributed by atoms with Crippen molar-refractivity contribution in [1.82, 2.24) is 29.5 Å². The second-order valence-corrected chi connectivity index (χ2v) is 8.63. The van der Waals surface area contributed by atoms with Gasteiger partial charge in [0.25, 0.3) is 0 Å². The van der Waals surface area contributed by atoms with Crippen LogP contribution in [0.5, 0.6) is 0 Å². The fraction of sp³-hybridized carbons (Fsp3) is 0.0667. The molecule has 2 aromatic carbocycles. The Morgan fingerprint density at radius 2 is 0.972 bits per heavy atom. The van der Waals surface area contributed by atoms with E-state index in [9.17, 15) is 0 Å². The van der Waals surface area contributed by atoms with E-state index in [-0.39, 0.29) is 0 Å². The maximum Gasteiger partial charge on any atom is 0.111 e. The Morgan fingerprint density at radius 3 is 1.42 bits per heavy atom. The molecule has 0 aliphatic rings. The summed E-state index contributed by atoms with van der Waals surface area (Å²) >= 11 is 0. The fourth-order valence-corrected chi connectivity index (χ4v) is 4.27. The lowest BCUT2D eigenvalue weighted by Crippen LogP contribution is -2.01. The van der Waals surface area contributed by atoms with Crippen LogP contribution in [0.2, 0.25) is 0 Å². The third-order valence-corrected chi connectivity index (χ3v) is 6.01. The van der Waals surface area contributed by atoms with Crippen molar-refractivity contribution in [2.75, 3.05) is 0 Å². The minimum absolute atomic E-state index is 0.698. The first kappa shape index (κ1) is 21.7. The Kier molecular flexibility index (Phi) is 5.90. The first-order valence-electron chi connectivity index (χ1n) is 11.9. The summed E-state index contributed by atoms with van der Waals surface area (Å²) in [5.41, 5.74) is 8.27. The number of benzene rings is 2. The van der Waals surface area contributed by atoms with E-state index >= 15 is 0 Å². The van der Waals surface area contributed by atoms with Crippen LogP contribution >= 0.6 is 0 Å². The van der Waals surface area contributed by atoms with Gasteiger partial charge in [-0.15, -0.1) is 0 Å². The zero-order chi connectivity index (χ0) is 24.2. The molecule has 0 atom stereocenters. The summed E-state index contributed by atoms with van der Waals surface area (Å²) in [5.74, 6) is 0. The SMILES string of the molecule is c1ccc(-c2ccn(Cc3cccc(-c4cccc(Cn5ccc(-c6ccccn6)n5)c4)c3)n2)nc1. The molecule has 6 rings (SSSR count). The second kappa shape index (κ2) is 9.80. The normalized spacial score (nSPS) is 11.0. The molecule has 6 aromatic rings. The van der Waals surface area contributed by atoms with Crippen LogP contribution in [0.3, 0.4) is 0 Å². The van der Waals surface area contributed by atoms with E-state index in [4.69, 9.17) is 10.2 Å². The van der Waals surface area contributed by atoms with Gasteiger partial charge in [0.05, 0.1) is 24.5 Å². The van der Waals surface area contributed by atoms with Crippen molar-refractivity contribution in [3.8, 4) is 33.9 Å². The molecule has 0 aliphatic carbocycles. The number of aromatic nitrogens is 6. The summed E-state index contributed by atoms with van der Waals surface area (Å²) in [6.45, 7) is 1.40. The monoisotopic (exact) mass is 468 g/mol. The van der Waals surface area contributed by atoms with E-state index in [2.05, 4.69) is 58.5 Å². The molecule has 0 bridgehead atoms. The zero-order valence-corrected chi connectivity index (χ0v) is 19.6. The van der Waals surface area contributed by atoms with E-state index in [1.54, 1.807) is 12.4 Å². The van der Waals surface area contributed by atoms with Gasteiger partial charge in [0.2, 0.25) is 0 Å². The van der Waals surface area contributed by atoms with Crippen LogP contribution in [0.25, 0.3) is 33.9 Å². The van der Waals surface area contributed by atoms with Gasteiger partial charge in [-0.05, 0) is 70.8 Å². The fourth-order valence-electron chi connectivity index (χ4n) is 4.27. The maximum atomic E-state index is 4.70. The predicted octanol–water partition coefficient (Wildman–Crippen LogP) is 5.97. The smallest absolute Gasteiger partial charge is 0.111 e. The van der Waals surface area contributed by atoms with Crippen LogP contribution in [0, 0.1) is 0 Å². The van der Waals surface area contributed by atoms with Gasteiger partial charge in [-0.1, -0.05) is 48.5 Å². The number of pyridine rings is 2. The highest BCUT2D eigenvalue weighted by atomic mass is 15.3. The van der Waals surface area contributed by atoms with E-state index in [0.29, 0.717) is 13.1 Å². The standard InChI is InChI=1S/C30H24N6/c1-3-15-31-27(11-1)29-13-17-35(33-29)21-23-7-5-9-25(19-23)26-10-6-8-24(20-26)22-36-18-14-30(34-36)28-12-2-4-16-32-28/h1-20H,21-22H2. The summed E-state index contributed by atoms with van der Waals surface area (Å²) in [4.78, 5) is 8.79. The average molecular weight is 469 g/mol. The van der Waals surface area contributed by atoms with Gasteiger partial charge < -0.3 is 0 Å². The first-order valence-corrected chi connectivity index (χ1v) is 11.9. The average Bonchev–Trinajstić information content (AvgIpc) is 3.60. The Morgan fingerprint density at radius 1 is 0.472 bits per heavy atom. The molecule has 6 heteroatoms. The van der Waals surface area contributed by atoms with Crippen LogP contribution in [0.4, 0.5) is 0 Å². The van der Waals surface area contributed by atoms with E-state index < -0.39 is 0 Å². The molecular weight excluding hydrogens is 444 g/mol. The molecule has 174 valence electrons. The maximum absolute atomic E-state index is 4.70. The lowest BCUT2D eigenvalue weighted by Gasteiger charge is -2.09. The highest BCUT2D eigenvalue weighted by molar-refractivity contribution is 5.65.